The van der Waals surface area contributed by atoms with E-state index in [-0.39, 0.29) is 0 Å². The Morgan fingerprint density at radius 2 is 1.59 bits per heavy atom. The first-order valence-corrected chi connectivity index (χ1v) is 21.1. The number of aromatic nitrogens is 1. The molecule has 3 heterocycles. The van der Waals surface area contributed by atoms with Gasteiger partial charge in [0.1, 0.15) is 0 Å². The van der Waals surface area contributed by atoms with Crippen LogP contribution in [0.3, 0.4) is 0 Å². The Hall–Kier alpha value is -0.327. The molecule has 2 aliphatic rings. The molecule has 0 spiro atoms. The number of pyridine rings is 1. The first-order chi connectivity index (χ1) is 12.5. The number of piperidine rings is 1. The molecule has 0 amide bonds. The molecule has 1 unspecified atom stereocenters. The molecule has 0 aromatic carbocycles. The second-order valence-corrected chi connectivity index (χ2v) is 27.5. The molecule has 1 saturated heterocycles. The molecule has 1 fully saturated rings. The summed E-state index contributed by atoms with van der Waals surface area (Å²) < 4.78 is 10.9. The monoisotopic (exact) mass is 484 g/mol. The molecule has 2 aliphatic heterocycles. The molecule has 8 heteroatoms. The molecule has 4 nitrogen and oxygen atoms in total. The predicted molar refractivity (Wildman–Crippen MR) is 127 cm³/mol. The second kappa shape index (κ2) is 7.83. The van der Waals surface area contributed by atoms with Crippen LogP contribution in [0, 0.1) is 0 Å². The van der Waals surface area contributed by atoms with Crippen molar-refractivity contribution in [3.05, 3.63) is 30.1 Å². The van der Waals surface area contributed by atoms with E-state index in [9.17, 15) is 0 Å². The van der Waals surface area contributed by atoms with Crippen LogP contribution in [0.1, 0.15) is 25.0 Å². The Balaban J connectivity index is 2.12. The van der Waals surface area contributed by atoms with Crippen LogP contribution in [0.4, 0.5) is 0 Å². The third kappa shape index (κ3) is 4.64. The van der Waals surface area contributed by atoms with Crippen molar-refractivity contribution in [2.45, 2.75) is 63.5 Å². The van der Waals surface area contributed by atoms with Crippen molar-refractivity contribution in [3.63, 3.8) is 0 Å². The van der Waals surface area contributed by atoms with E-state index >= 15 is 0 Å². The van der Waals surface area contributed by atoms with Gasteiger partial charge >= 0.3 is 176 Å². The van der Waals surface area contributed by atoms with E-state index in [1.807, 2.05) is 12.3 Å². The van der Waals surface area contributed by atoms with Gasteiger partial charge in [-0.25, -0.2) is 0 Å². The van der Waals surface area contributed by atoms with Gasteiger partial charge in [0.15, 0.2) is 0 Å². The maximum atomic E-state index is 5.46. The number of nitrogens with zero attached hydrogens (tertiary/aromatic N) is 4. The summed E-state index contributed by atoms with van der Waals surface area (Å²) in [6, 6.07) is 6.13. The van der Waals surface area contributed by atoms with Crippen molar-refractivity contribution in [3.8, 4) is 0 Å². The Labute approximate surface area is 175 Å². The molecule has 0 radical (unpaired) electrons. The molecular weight excluding hydrogens is 450 g/mol. The molecule has 148 valence electrons. The van der Waals surface area contributed by atoms with E-state index in [1.54, 1.807) is 0 Å². The number of likely N-dealkylation sites (tertiary alicyclic amines) is 1. The van der Waals surface area contributed by atoms with Crippen LogP contribution in [0.2, 0.25) is 39.3 Å². The van der Waals surface area contributed by atoms with Crippen molar-refractivity contribution in [2.75, 3.05) is 13.1 Å². The molecule has 1 aromatic heterocycles. The third-order valence-electron chi connectivity index (χ3n) is 5.23. The van der Waals surface area contributed by atoms with Gasteiger partial charge in [0.25, 0.3) is 0 Å². The summed E-state index contributed by atoms with van der Waals surface area (Å²) in [5.41, 5.74) is 2.01. The fourth-order valence-corrected chi connectivity index (χ4v) is 38.2. The first kappa shape index (κ1) is 21.4. The van der Waals surface area contributed by atoms with Crippen LogP contribution in [0.5, 0.6) is 0 Å². The number of hydrogen-bond acceptors (Lipinski definition) is 4. The second-order valence-electron chi connectivity index (χ2n) is 9.86. The van der Waals surface area contributed by atoms with Gasteiger partial charge in [-0.15, -0.1) is 0 Å². The molecule has 27 heavy (non-hydrogen) atoms. The fraction of sp³-hybridized carbons (Fsp3) is 0.632. The van der Waals surface area contributed by atoms with Gasteiger partial charge in [0, 0.05) is 0 Å². The first-order valence-electron chi connectivity index (χ1n) is 9.99. The quantitative estimate of drug-likeness (QED) is 0.455. The predicted octanol–water partition coefficient (Wildman–Crippen LogP) is 4.82. The summed E-state index contributed by atoms with van der Waals surface area (Å²) >= 11 is 3.59. The van der Waals surface area contributed by atoms with Crippen LogP contribution >= 0.6 is 6.25 Å². The van der Waals surface area contributed by atoms with Gasteiger partial charge in [0.05, 0.1) is 0 Å². The number of rotatable bonds is 4. The molecule has 0 N–H and O–H groups in total. The van der Waals surface area contributed by atoms with E-state index in [0.29, 0.717) is 4.91 Å². The zero-order valence-corrected chi connectivity index (χ0v) is 22.2. The van der Waals surface area contributed by atoms with Gasteiger partial charge in [-0.1, -0.05) is 0 Å². The van der Waals surface area contributed by atoms with Crippen LogP contribution in [-0.4, -0.2) is 71.1 Å². The van der Waals surface area contributed by atoms with Gasteiger partial charge in [-0.2, -0.15) is 0 Å². The average Bonchev–Trinajstić information content (AvgIpc) is 2.91. The minimum atomic E-state index is -1.92. The van der Waals surface area contributed by atoms with Gasteiger partial charge < -0.3 is 0 Å². The van der Waals surface area contributed by atoms with Gasteiger partial charge in [-0.05, 0) is 0 Å². The summed E-state index contributed by atoms with van der Waals surface area (Å²) in [6.07, 6.45) is 3.77. The Morgan fingerprint density at radius 1 is 0.963 bits per heavy atom. The van der Waals surface area contributed by atoms with E-state index in [2.05, 4.69) is 76.9 Å². The average molecular weight is 484 g/mol. The van der Waals surface area contributed by atoms with Crippen molar-refractivity contribution in [1.29, 1.82) is 0 Å². The Kier molecular flexibility index (Phi) is 6.20. The molecule has 0 aliphatic carbocycles. The molecule has 1 atom stereocenters. The molecular formula is C19H33N4PSeSi2. The number of hydrogen-bond donors (Lipinski definition) is 0. The Bertz CT molecular complexity index is 722. The van der Waals surface area contributed by atoms with Crippen LogP contribution < -0.4 is 0 Å². The zero-order valence-electron chi connectivity index (χ0n) is 17.6. The summed E-state index contributed by atoms with van der Waals surface area (Å²) in [5, 5.41) is 0. The van der Waals surface area contributed by atoms with E-state index in [1.165, 1.54) is 19.3 Å². The molecule has 0 saturated carbocycles. The summed E-state index contributed by atoms with van der Waals surface area (Å²) in [4.78, 5) is 7.75. The topological polar surface area (TPSA) is 40.9 Å². The molecule has 3 rings (SSSR count). The van der Waals surface area contributed by atoms with Crippen LogP contribution in [-0.2, 0) is 0 Å². The third-order valence-corrected chi connectivity index (χ3v) is 27.0. The summed E-state index contributed by atoms with van der Waals surface area (Å²) in [5.74, 6) is 1.11. The Morgan fingerprint density at radius 3 is 2.11 bits per heavy atom. The van der Waals surface area contributed by atoms with Crippen molar-refractivity contribution in [2.24, 2.45) is 9.53 Å². The standard InChI is InChI=1S/C19H33N4PSeSi2/c1-26(2,3)19(27(4,5)6)24(25)21-17(16-12-8-9-13-20-16)18(22-24)23-14-10-7-11-15-23/h8-9,12-13,19H,7,10-11,14-15H2,1-6H3. The summed E-state index contributed by atoms with van der Waals surface area (Å²) in [6.45, 7) is 17.2. The fourth-order valence-electron chi connectivity index (χ4n) is 4.80. The van der Waals surface area contributed by atoms with Gasteiger partial charge in [-0.3, -0.25) is 0 Å². The maximum absolute atomic E-state index is 5.46. The van der Waals surface area contributed by atoms with Crippen molar-refractivity contribution >= 4 is 49.5 Å². The summed E-state index contributed by atoms with van der Waals surface area (Å²) in [7, 11) is -2.88. The SMILES string of the molecule is C[Si](C)(C)C([Si](C)(C)C)[P+]1([Se-])N=C(c2ccccn2)C(N2CCCCC2)=N1. The zero-order chi connectivity index (χ0) is 19.9. The van der Waals surface area contributed by atoms with Crippen LogP contribution in [0.25, 0.3) is 0 Å². The number of amidine groups is 1. The minimum absolute atomic E-state index is 0.638. The van der Waals surface area contributed by atoms with E-state index in [4.69, 9.17) is 9.53 Å². The normalized spacial score (nSPS) is 24.2. The van der Waals surface area contributed by atoms with Crippen molar-refractivity contribution < 1.29 is 0 Å². The molecule has 1 aromatic rings. The molecule has 0 bridgehead atoms. The van der Waals surface area contributed by atoms with E-state index < -0.39 is 22.4 Å². The van der Waals surface area contributed by atoms with Crippen molar-refractivity contribution in [1.82, 2.24) is 9.88 Å². The van der Waals surface area contributed by atoms with Crippen LogP contribution in [0.15, 0.2) is 33.9 Å². The van der Waals surface area contributed by atoms with Gasteiger partial charge in [0.2, 0.25) is 0 Å². The van der Waals surface area contributed by atoms with E-state index in [0.717, 1.165) is 30.3 Å².